The molecule has 8 atom stereocenters. The Hall–Kier alpha value is -0.0800. The number of hydrogen-bond donors (Lipinski definition) is 0. The normalized spacial score (nSPS) is 46.8. The first kappa shape index (κ1) is 40.1. The maximum absolute atomic E-state index is 3.46. The second kappa shape index (κ2) is 16.4. The van der Waals surface area contributed by atoms with Crippen LogP contribution in [0.1, 0.15) is 210 Å². The quantitative estimate of drug-likeness (QED) is 0.270. The summed E-state index contributed by atoms with van der Waals surface area (Å²) in [4.78, 5) is 6.93. The van der Waals surface area contributed by atoms with E-state index in [1.807, 2.05) is 0 Å². The Morgan fingerprint density at radius 1 is 0.308 bits per heavy atom. The maximum atomic E-state index is 3.46. The third kappa shape index (κ3) is 8.59. The third-order valence-electron chi connectivity index (χ3n) is 18.4. The van der Waals surface area contributed by atoms with E-state index in [0.29, 0.717) is 10.8 Å². The highest BCUT2D eigenvalue weighted by atomic mass is 15.3. The van der Waals surface area contributed by atoms with Gasteiger partial charge in [-0.1, -0.05) is 82.1 Å². The van der Waals surface area contributed by atoms with Gasteiger partial charge in [0.15, 0.2) is 0 Å². The second-order valence-electron chi connectivity index (χ2n) is 23.9. The molecule has 0 aromatic rings. The summed E-state index contributed by atoms with van der Waals surface area (Å²) in [6, 6.07) is 5.13. The highest BCUT2D eigenvalue weighted by Crippen LogP contribution is 2.58. The van der Waals surface area contributed by atoms with E-state index in [2.05, 4.69) is 79.0 Å². The van der Waals surface area contributed by atoms with E-state index in [1.54, 1.807) is 0 Å². The molecule has 0 spiro atoms. The van der Waals surface area contributed by atoms with E-state index in [4.69, 9.17) is 0 Å². The van der Waals surface area contributed by atoms with Crippen LogP contribution >= 0.6 is 0 Å². The van der Waals surface area contributed by atoms with Gasteiger partial charge in [0, 0.05) is 36.3 Å². The molecule has 7 rings (SSSR count). The Kier molecular flexibility index (Phi) is 12.7. The Labute approximate surface area is 325 Å². The molecular weight excluding hydrogens is 629 g/mol. The summed E-state index contributed by atoms with van der Waals surface area (Å²) in [5, 5.41) is 0. The molecule has 0 bridgehead atoms. The molecule has 7 aliphatic rings. The number of rotatable bonds is 6. The fraction of sp³-hybridized carbons (Fsp3) is 1.00. The molecule has 0 aliphatic heterocycles. The van der Waals surface area contributed by atoms with E-state index in [9.17, 15) is 0 Å². The van der Waals surface area contributed by atoms with Gasteiger partial charge in [-0.2, -0.15) is 0 Å². The highest BCUT2D eigenvalue weighted by Gasteiger charge is 2.59. The third-order valence-corrected chi connectivity index (χ3v) is 18.4. The van der Waals surface area contributed by atoms with Gasteiger partial charge in [0.1, 0.15) is 0 Å². The van der Waals surface area contributed by atoms with Gasteiger partial charge >= 0.3 is 0 Å². The fourth-order valence-electron chi connectivity index (χ4n) is 15.2. The van der Waals surface area contributed by atoms with Crippen LogP contribution in [0.15, 0.2) is 0 Å². The Balaban J connectivity index is 1.26. The molecule has 7 fully saturated rings. The standard InChI is InChI=1S/C50H90N2/c1-33-11-21-39(22-12-33)51(41-25-17-37(18-26-41)49(5,6)7)47-43-29-15-36(4)32-46(43)48(44-30-16-35(3)31-45(44)47)52(40-23-13-34(2)14-24-40)42-27-19-38(20-28-42)50(8,9)10/h33-48H,11-32H2,1-10H3. The second-order valence-corrected chi connectivity index (χ2v) is 23.9. The molecule has 0 radical (unpaired) electrons. The van der Waals surface area contributed by atoms with Gasteiger partial charge in [-0.05, 0) is 198 Å². The van der Waals surface area contributed by atoms with Crippen LogP contribution in [0.4, 0.5) is 0 Å². The predicted octanol–water partition coefficient (Wildman–Crippen LogP) is 13.8. The predicted molar refractivity (Wildman–Crippen MR) is 224 cm³/mol. The summed E-state index contributed by atoms with van der Waals surface area (Å²) < 4.78 is 0. The van der Waals surface area contributed by atoms with Crippen LogP contribution in [0, 0.1) is 70.0 Å². The van der Waals surface area contributed by atoms with Crippen molar-refractivity contribution in [2.24, 2.45) is 70.0 Å². The van der Waals surface area contributed by atoms with Crippen molar-refractivity contribution < 1.29 is 0 Å². The largest absolute Gasteiger partial charge is 0.294 e. The summed E-state index contributed by atoms with van der Waals surface area (Å²) in [6.07, 6.45) is 32.9. The van der Waals surface area contributed by atoms with Crippen LogP contribution < -0.4 is 0 Å². The van der Waals surface area contributed by atoms with Gasteiger partial charge in [-0.15, -0.1) is 0 Å². The Morgan fingerprint density at radius 3 is 0.865 bits per heavy atom. The van der Waals surface area contributed by atoms with Crippen molar-refractivity contribution in [2.75, 3.05) is 0 Å². The molecule has 300 valence electrons. The van der Waals surface area contributed by atoms with Gasteiger partial charge in [0.25, 0.3) is 0 Å². The summed E-state index contributed by atoms with van der Waals surface area (Å²) in [5.74, 6) is 9.27. The minimum absolute atomic E-state index is 0.467. The van der Waals surface area contributed by atoms with Crippen molar-refractivity contribution in [2.45, 2.75) is 247 Å². The van der Waals surface area contributed by atoms with Crippen LogP contribution in [0.2, 0.25) is 0 Å². The lowest BCUT2D eigenvalue weighted by atomic mass is 9.51. The van der Waals surface area contributed by atoms with E-state index < -0.39 is 0 Å². The van der Waals surface area contributed by atoms with Crippen LogP contribution in [-0.4, -0.2) is 46.1 Å². The molecule has 2 heteroatoms. The molecule has 0 N–H and O–H groups in total. The molecule has 0 saturated heterocycles. The van der Waals surface area contributed by atoms with E-state index >= 15 is 0 Å². The zero-order valence-corrected chi connectivity index (χ0v) is 36.7. The average molecular weight is 719 g/mol. The monoisotopic (exact) mass is 719 g/mol. The lowest BCUT2D eigenvalue weighted by molar-refractivity contribution is -0.158. The van der Waals surface area contributed by atoms with Gasteiger partial charge in [-0.25, -0.2) is 0 Å². The van der Waals surface area contributed by atoms with Crippen LogP contribution in [-0.2, 0) is 0 Å². The van der Waals surface area contributed by atoms with Crippen molar-refractivity contribution in [1.82, 2.24) is 9.80 Å². The summed E-state index contributed by atoms with van der Waals surface area (Å²) in [5.41, 5.74) is 0.935. The van der Waals surface area contributed by atoms with E-state index in [-0.39, 0.29) is 0 Å². The first-order chi connectivity index (χ1) is 24.7. The molecule has 0 aromatic heterocycles. The number of hydrogen-bond acceptors (Lipinski definition) is 2. The smallest absolute Gasteiger partial charge is 0.0164 e. The van der Waals surface area contributed by atoms with Gasteiger partial charge in [0.05, 0.1) is 0 Å². The van der Waals surface area contributed by atoms with E-state index in [0.717, 1.165) is 95.4 Å². The maximum Gasteiger partial charge on any atom is 0.0164 e. The molecule has 7 aliphatic carbocycles. The minimum atomic E-state index is 0.467. The van der Waals surface area contributed by atoms with Crippen LogP contribution in [0.25, 0.3) is 0 Å². The lowest BCUT2D eigenvalue weighted by Crippen LogP contribution is -2.69. The van der Waals surface area contributed by atoms with Crippen molar-refractivity contribution in [1.29, 1.82) is 0 Å². The minimum Gasteiger partial charge on any atom is -0.294 e. The first-order valence-corrected chi connectivity index (χ1v) is 24.2. The molecule has 7 saturated carbocycles. The fourth-order valence-corrected chi connectivity index (χ4v) is 15.2. The molecule has 0 amide bonds. The van der Waals surface area contributed by atoms with Crippen molar-refractivity contribution in [3.05, 3.63) is 0 Å². The highest BCUT2D eigenvalue weighted by molar-refractivity contribution is 5.11. The Morgan fingerprint density at radius 2 is 0.577 bits per heavy atom. The van der Waals surface area contributed by atoms with Crippen molar-refractivity contribution in [3.8, 4) is 0 Å². The topological polar surface area (TPSA) is 6.48 Å². The molecule has 8 unspecified atom stereocenters. The van der Waals surface area contributed by atoms with Crippen LogP contribution in [0.5, 0.6) is 0 Å². The number of fused-ring (bicyclic) bond motifs is 2. The SMILES string of the molecule is CC1CCC(N(C2CCC(C(C)(C)C)CC2)C2C3CCC(C)CC3C(N(C3CCC(C)CC3)C3CCC(C(C)(C)C)CC3)C3CCC(C)CC32)CC1. The zero-order valence-electron chi connectivity index (χ0n) is 36.7. The Bertz CT molecular complexity index is 1010. The van der Waals surface area contributed by atoms with Gasteiger partial charge in [0.2, 0.25) is 0 Å². The molecular formula is C50H90N2. The summed E-state index contributed by atoms with van der Waals surface area (Å²) in [6.45, 7) is 25.7. The van der Waals surface area contributed by atoms with Crippen LogP contribution in [0.3, 0.4) is 0 Å². The molecule has 2 nitrogen and oxygen atoms in total. The van der Waals surface area contributed by atoms with Gasteiger partial charge < -0.3 is 0 Å². The summed E-state index contributed by atoms with van der Waals surface area (Å²) >= 11 is 0. The average Bonchev–Trinajstić information content (AvgIpc) is 3.10. The van der Waals surface area contributed by atoms with Gasteiger partial charge in [-0.3, -0.25) is 9.80 Å². The molecule has 0 heterocycles. The first-order valence-electron chi connectivity index (χ1n) is 24.2. The molecule has 52 heavy (non-hydrogen) atoms. The zero-order chi connectivity index (χ0) is 36.9. The van der Waals surface area contributed by atoms with Crippen molar-refractivity contribution >= 4 is 0 Å². The number of nitrogens with zero attached hydrogens (tertiary/aromatic N) is 2. The van der Waals surface area contributed by atoms with E-state index in [1.165, 1.54) is 141 Å². The summed E-state index contributed by atoms with van der Waals surface area (Å²) in [7, 11) is 0. The lowest BCUT2D eigenvalue weighted by Gasteiger charge is -2.65. The van der Waals surface area contributed by atoms with Crippen molar-refractivity contribution in [3.63, 3.8) is 0 Å². The molecule has 0 aromatic carbocycles.